The molecule has 204 valence electrons. The Hall–Kier alpha value is -1.43. The Morgan fingerprint density at radius 1 is 0.946 bits per heavy atom. The molecule has 1 aromatic rings. The van der Waals surface area contributed by atoms with Gasteiger partial charge in [0.25, 0.3) is 0 Å². The molecule has 0 bridgehead atoms. The minimum atomic E-state index is -0.450. The van der Waals surface area contributed by atoms with E-state index in [9.17, 15) is 9.90 Å². The van der Waals surface area contributed by atoms with E-state index in [1.807, 2.05) is 23.1 Å². The summed E-state index contributed by atoms with van der Waals surface area (Å²) in [6.07, 6.45) is 12.1. The van der Waals surface area contributed by atoms with Crippen molar-refractivity contribution in [2.75, 3.05) is 26.2 Å². The molecule has 1 amide bonds. The molecule has 4 saturated carbocycles. The largest absolute Gasteiger partial charge is 0.393 e. The van der Waals surface area contributed by atoms with Gasteiger partial charge in [-0.1, -0.05) is 44.2 Å². The molecule has 5 heteroatoms. The van der Waals surface area contributed by atoms with Gasteiger partial charge in [-0.25, -0.2) is 0 Å². The molecule has 5 nitrogen and oxygen atoms in total. The predicted octanol–water partition coefficient (Wildman–Crippen LogP) is 4.47. The van der Waals surface area contributed by atoms with Gasteiger partial charge in [-0.05, 0) is 104 Å². The molecule has 0 radical (unpaired) electrons. The van der Waals surface area contributed by atoms with Crippen LogP contribution in [0.25, 0.3) is 0 Å². The maximum Gasteiger partial charge on any atom is 0.239 e. The summed E-state index contributed by atoms with van der Waals surface area (Å²) in [4.78, 5) is 17.8. The zero-order chi connectivity index (χ0) is 25.8. The lowest BCUT2D eigenvalue weighted by Gasteiger charge is -2.62. The van der Waals surface area contributed by atoms with Gasteiger partial charge in [0.05, 0.1) is 12.1 Å². The quantitative estimate of drug-likeness (QED) is 0.631. The standard InChI is InChI=1S/C32H49N3O2/c1-31-15-14-27-25(26(31)12-13-29(31)36)11-9-23-8-10-24(21-32(23,27)2)34-16-18-35(19-17-34)30(37)28(33)20-22-6-4-3-5-7-22/h3-7,23-29,36H,8-21,33H2,1-2H3/t23?,24-,25?,26?,27?,28?,29+,31+,32+/m1/s1. The van der Waals surface area contributed by atoms with Crippen molar-refractivity contribution in [3.63, 3.8) is 0 Å². The molecule has 6 rings (SSSR count). The van der Waals surface area contributed by atoms with Gasteiger partial charge in [0, 0.05) is 32.2 Å². The molecule has 4 aliphatic carbocycles. The van der Waals surface area contributed by atoms with E-state index >= 15 is 0 Å². The number of benzene rings is 1. The van der Waals surface area contributed by atoms with Gasteiger partial charge in [-0.2, -0.15) is 0 Å². The molecule has 5 unspecified atom stereocenters. The van der Waals surface area contributed by atoms with E-state index in [0.29, 0.717) is 17.9 Å². The van der Waals surface area contributed by atoms with Crippen molar-refractivity contribution in [2.24, 2.45) is 40.2 Å². The van der Waals surface area contributed by atoms with Gasteiger partial charge < -0.3 is 15.7 Å². The highest BCUT2D eigenvalue weighted by Crippen LogP contribution is 2.66. The number of rotatable bonds is 4. The van der Waals surface area contributed by atoms with E-state index in [1.165, 1.54) is 51.4 Å². The fourth-order valence-electron chi connectivity index (χ4n) is 10.1. The first-order chi connectivity index (χ1) is 17.8. The normalized spacial score (nSPS) is 43.0. The van der Waals surface area contributed by atoms with Gasteiger partial charge >= 0.3 is 0 Å². The highest BCUT2D eigenvalue weighted by molar-refractivity contribution is 5.82. The lowest BCUT2D eigenvalue weighted by atomic mass is 9.45. The van der Waals surface area contributed by atoms with Crippen molar-refractivity contribution in [2.45, 2.75) is 96.2 Å². The predicted molar refractivity (Wildman–Crippen MR) is 148 cm³/mol. The van der Waals surface area contributed by atoms with Crippen LogP contribution in [0.1, 0.15) is 77.2 Å². The molecule has 5 aliphatic rings. The fourth-order valence-corrected chi connectivity index (χ4v) is 10.1. The van der Waals surface area contributed by atoms with Crippen molar-refractivity contribution in [1.82, 2.24) is 9.80 Å². The van der Waals surface area contributed by atoms with Crippen LogP contribution in [0, 0.1) is 34.5 Å². The summed E-state index contributed by atoms with van der Waals surface area (Å²) in [5.74, 6) is 3.36. The number of fused-ring (bicyclic) bond motifs is 5. The van der Waals surface area contributed by atoms with Crippen LogP contribution >= 0.6 is 0 Å². The van der Waals surface area contributed by atoms with Crippen LogP contribution in [0.3, 0.4) is 0 Å². The van der Waals surface area contributed by atoms with Crippen LogP contribution in [0.4, 0.5) is 0 Å². The molecule has 9 atom stereocenters. The van der Waals surface area contributed by atoms with Crippen molar-refractivity contribution in [3.8, 4) is 0 Å². The number of hydrogen-bond donors (Lipinski definition) is 2. The Kier molecular flexibility index (Phi) is 6.95. The first-order valence-corrected chi connectivity index (χ1v) is 15.3. The number of nitrogens with two attached hydrogens (primary N) is 1. The Balaban J connectivity index is 1.07. The number of carbonyl (C=O) groups is 1. The van der Waals surface area contributed by atoms with E-state index in [2.05, 4.69) is 30.9 Å². The topological polar surface area (TPSA) is 69.8 Å². The minimum absolute atomic E-state index is 0.0806. The molecule has 1 heterocycles. The Labute approximate surface area is 224 Å². The smallest absolute Gasteiger partial charge is 0.239 e. The van der Waals surface area contributed by atoms with E-state index in [1.54, 1.807) is 0 Å². The third kappa shape index (κ3) is 4.47. The SMILES string of the molecule is C[C@]12C[C@H](N3CCN(C(=O)C(N)Cc4ccccc4)CC3)CCC1CCC1C2CC[C@@]2(C)C1CC[C@@H]2O. The molecule has 5 fully saturated rings. The molecular weight excluding hydrogens is 458 g/mol. The van der Waals surface area contributed by atoms with Gasteiger partial charge in [-0.15, -0.1) is 0 Å². The molecule has 0 aromatic heterocycles. The van der Waals surface area contributed by atoms with Crippen LogP contribution in [0.2, 0.25) is 0 Å². The second-order valence-corrected chi connectivity index (χ2v) is 13.9. The van der Waals surface area contributed by atoms with E-state index < -0.39 is 6.04 Å². The molecule has 3 N–H and O–H groups in total. The summed E-state index contributed by atoms with van der Waals surface area (Å²) in [5, 5.41) is 10.8. The maximum atomic E-state index is 13.1. The molecular formula is C32H49N3O2. The van der Waals surface area contributed by atoms with Gasteiger partial charge in [0.15, 0.2) is 0 Å². The molecule has 0 spiro atoms. The third-order valence-electron chi connectivity index (χ3n) is 12.3. The zero-order valence-electron chi connectivity index (χ0n) is 23.2. The molecule has 37 heavy (non-hydrogen) atoms. The average Bonchev–Trinajstić information content (AvgIpc) is 3.22. The summed E-state index contributed by atoms with van der Waals surface area (Å²) >= 11 is 0. The fraction of sp³-hybridized carbons (Fsp3) is 0.781. The van der Waals surface area contributed by atoms with Gasteiger partial charge in [0.1, 0.15) is 0 Å². The second-order valence-electron chi connectivity index (χ2n) is 13.9. The average molecular weight is 508 g/mol. The lowest BCUT2D eigenvalue weighted by molar-refractivity contribution is -0.139. The summed E-state index contributed by atoms with van der Waals surface area (Å²) < 4.78 is 0. The number of hydrogen-bond acceptors (Lipinski definition) is 4. The first-order valence-electron chi connectivity index (χ1n) is 15.3. The van der Waals surface area contributed by atoms with Crippen molar-refractivity contribution < 1.29 is 9.90 Å². The molecule has 1 aliphatic heterocycles. The lowest BCUT2D eigenvalue weighted by Crippen LogP contribution is -2.59. The number of aliphatic hydroxyl groups excluding tert-OH is 1. The van der Waals surface area contributed by atoms with Crippen LogP contribution < -0.4 is 5.73 Å². The van der Waals surface area contributed by atoms with Crippen molar-refractivity contribution >= 4 is 5.91 Å². The minimum Gasteiger partial charge on any atom is -0.393 e. The highest BCUT2D eigenvalue weighted by atomic mass is 16.3. The van der Waals surface area contributed by atoms with Gasteiger partial charge in [-0.3, -0.25) is 9.69 Å². The van der Waals surface area contributed by atoms with Crippen molar-refractivity contribution in [1.29, 1.82) is 0 Å². The zero-order valence-corrected chi connectivity index (χ0v) is 23.2. The van der Waals surface area contributed by atoms with Crippen LogP contribution in [-0.2, 0) is 11.2 Å². The number of amides is 1. The molecule has 1 saturated heterocycles. The number of nitrogens with zero attached hydrogens (tertiary/aromatic N) is 2. The van der Waals surface area contributed by atoms with Crippen LogP contribution in [-0.4, -0.2) is 65.2 Å². The van der Waals surface area contributed by atoms with E-state index in [0.717, 1.165) is 61.8 Å². The van der Waals surface area contributed by atoms with E-state index in [4.69, 9.17) is 5.73 Å². The summed E-state index contributed by atoms with van der Waals surface area (Å²) in [7, 11) is 0. The van der Waals surface area contributed by atoms with Crippen LogP contribution in [0.5, 0.6) is 0 Å². The first kappa shape index (κ1) is 25.8. The summed E-state index contributed by atoms with van der Waals surface area (Å²) in [6.45, 7) is 8.63. The number of piperazine rings is 1. The van der Waals surface area contributed by atoms with Crippen molar-refractivity contribution in [3.05, 3.63) is 35.9 Å². The number of aliphatic hydroxyl groups is 1. The van der Waals surface area contributed by atoms with Crippen LogP contribution in [0.15, 0.2) is 30.3 Å². The number of carbonyl (C=O) groups excluding carboxylic acids is 1. The Bertz CT molecular complexity index is 962. The Morgan fingerprint density at radius 2 is 1.65 bits per heavy atom. The Morgan fingerprint density at radius 3 is 2.41 bits per heavy atom. The monoisotopic (exact) mass is 507 g/mol. The van der Waals surface area contributed by atoms with E-state index in [-0.39, 0.29) is 17.4 Å². The maximum absolute atomic E-state index is 13.1. The summed E-state index contributed by atoms with van der Waals surface area (Å²) in [5.41, 5.74) is 8.08. The summed E-state index contributed by atoms with van der Waals surface area (Å²) in [6, 6.07) is 10.3. The third-order valence-corrected chi connectivity index (χ3v) is 12.3. The molecule has 1 aromatic carbocycles. The van der Waals surface area contributed by atoms with Gasteiger partial charge in [0.2, 0.25) is 5.91 Å². The second kappa shape index (κ2) is 9.95. The highest BCUT2D eigenvalue weighted by Gasteiger charge is 2.60.